The second-order valence-electron chi connectivity index (χ2n) is 18.7. The molecule has 0 saturated carbocycles. The van der Waals surface area contributed by atoms with Crippen molar-refractivity contribution in [2.75, 3.05) is 0 Å². The van der Waals surface area contributed by atoms with Gasteiger partial charge in [0.25, 0.3) is 10.1 Å². The molecule has 0 spiro atoms. The molecule has 0 unspecified atom stereocenters. The highest BCUT2D eigenvalue weighted by Gasteiger charge is 2.14. The second-order valence-corrected chi connectivity index (χ2v) is 20.1. The SMILES string of the molecule is CCCCCCCCCCCCCCCCCCCCCCCCCCCCCCCCCCCCCCCCCCCCCCCCc1ccccc1S(=O)(=O)O. The topological polar surface area (TPSA) is 54.4 Å². The highest BCUT2D eigenvalue weighted by Crippen LogP contribution is 2.20. The summed E-state index contributed by atoms with van der Waals surface area (Å²) in [5, 5.41) is 0. The van der Waals surface area contributed by atoms with Crippen molar-refractivity contribution in [3.05, 3.63) is 29.8 Å². The lowest BCUT2D eigenvalue weighted by atomic mass is 10.0. The molecule has 342 valence electrons. The molecule has 1 aromatic carbocycles. The lowest BCUT2D eigenvalue weighted by Crippen LogP contribution is -2.03. The van der Waals surface area contributed by atoms with E-state index in [2.05, 4.69) is 6.92 Å². The second kappa shape index (κ2) is 44.2. The van der Waals surface area contributed by atoms with Crippen molar-refractivity contribution in [2.45, 2.75) is 314 Å². The summed E-state index contributed by atoms with van der Waals surface area (Å²) in [5.41, 5.74) is 0.738. The summed E-state index contributed by atoms with van der Waals surface area (Å²) in [7, 11) is -4.12. The maximum Gasteiger partial charge on any atom is 0.294 e. The van der Waals surface area contributed by atoms with Crippen LogP contribution in [0.3, 0.4) is 0 Å². The summed E-state index contributed by atoms with van der Waals surface area (Å²) in [6.07, 6.45) is 66.5. The molecule has 0 bridgehead atoms. The first-order chi connectivity index (χ1) is 28.6. The first kappa shape index (κ1) is 55.1. The van der Waals surface area contributed by atoms with E-state index in [0.717, 1.165) is 24.8 Å². The predicted molar refractivity (Wildman–Crippen MR) is 258 cm³/mol. The van der Waals surface area contributed by atoms with Crippen LogP contribution in [0, 0.1) is 0 Å². The van der Waals surface area contributed by atoms with Crippen molar-refractivity contribution in [2.24, 2.45) is 0 Å². The first-order valence-corrected chi connectivity index (χ1v) is 28.0. The molecule has 0 saturated heterocycles. The fraction of sp³-hybridized carbons (Fsp3) is 0.889. The zero-order chi connectivity index (χ0) is 41.7. The predicted octanol–water partition coefficient (Wildman–Crippen LogP) is 19.4. The minimum absolute atomic E-state index is 0.0716. The Balaban J connectivity index is 1.64. The van der Waals surface area contributed by atoms with Crippen LogP contribution in [0.25, 0.3) is 0 Å². The molecular formula is C54H102O3S. The highest BCUT2D eigenvalue weighted by molar-refractivity contribution is 7.85. The molecule has 0 fully saturated rings. The minimum atomic E-state index is -4.12. The van der Waals surface area contributed by atoms with Crippen LogP contribution in [0.5, 0.6) is 0 Å². The molecule has 4 heteroatoms. The Kier molecular flexibility index (Phi) is 42.0. The van der Waals surface area contributed by atoms with Crippen molar-refractivity contribution in [1.82, 2.24) is 0 Å². The summed E-state index contributed by atoms with van der Waals surface area (Å²) >= 11 is 0. The van der Waals surface area contributed by atoms with Crippen molar-refractivity contribution in [1.29, 1.82) is 0 Å². The van der Waals surface area contributed by atoms with Gasteiger partial charge in [-0.25, -0.2) is 0 Å². The first-order valence-electron chi connectivity index (χ1n) is 26.6. The van der Waals surface area contributed by atoms with E-state index in [4.69, 9.17) is 0 Å². The smallest absolute Gasteiger partial charge is 0.282 e. The van der Waals surface area contributed by atoms with Crippen LogP contribution in [-0.2, 0) is 16.5 Å². The van der Waals surface area contributed by atoms with Gasteiger partial charge in [-0.05, 0) is 24.5 Å². The number of hydrogen-bond acceptors (Lipinski definition) is 2. The van der Waals surface area contributed by atoms with E-state index in [1.165, 1.54) is 289 Å². The fourth-order valence-electron chi connectivity index (χ4n) is 9.13. The number of benzene rings is 1. The van der Waals surface area contributed by atoms with E-state index in [0.29, 0.717) is 0 Å². The molecule has 0 aliphatic heterocycles. The van der Waals surface area contributed by atoms with Gasteiger partial charge in [0.2, 0.25) is 0 Å². The third kappa shape index (κ3) is 39.3. The monoisotopic (exact) mass is 831 g/mol. The molecule has 0 atom stereocenters. The van der Waals surface area contributed by atoms with Crippen LogP contribution in [0.1, 0.15) is 308 Å². The number of rotatable bonds is 48. The molecule has 1 aromatic rings. The zero-order valence-electron chi connectivity index (χ0n) is 39.2. The Morgan fingerprint density at radius 1 is 0.310 bits per heavy atom. The van der Waals surface area contributed by atoms with Crippen LogP contribution in [0.4, 0.5) is 0 Å². The molecule has 1 N–H and O–H groups in total. The average Bonchev–Trinajstić information content (AvgIpc) is 3.22. The van der Waals surface area contributed by atoms with Crippen molar-refractivity contribution < 1.29 is 13.0 Å². The molecular weight excluding hydrogens is 729 g/mol. The van der Waals surface area contributed by atoms with E-state index in [-0.39, 0.29) is 4.90 Å². The van der Waals surface area contributed by atoms with Crippen molar-refractivity contribution in [3.63, 3.8) is 0 Å². The summed E-state index contributed by atoms with van der Waals surface area (Å²) in [6.45, 7) is 2.31. The van der Waals surface area contributed by atoms with Gasteiger partial charge >= 0.3 is 0 Å². The summed E-state index contributed by atoms with van der Waals surface area (Å²) in [5.74, 6) is 0. The van der Waals surface area contributed by atoms with Crippen LogP contribution in [0.2, 0.25) is 0 Å². The van der Waals surface area contributed by atoms with E-state index >= 15 is 0 Å². The Morgan fingerprint density at radius 2 is 0.500 bits per heavy atom. The highest BCUT2D eigenvalue weighted by atomic mass is 32.2. The Morgan fingerprint density at radius 3 is 0.707 bits per heavy atom. The van der Waals surface area contributed by atoms with Crippen molar-refractivity contribution in [3.8, 4) is 0 Å². The Hall–Kier alpha value is -0.870. The van der Waals surface area contributed by atoms with Crippen LogP contribution < -0.4 is 0 Å². The average molecular weight is 831 g/mol. The number of hydrogen-bond donors (Lipinski definition) is 1. The quantitative estimate of drug-likeness (QED) is 0.0526. The maximum atomic E-state index is 11.5. The fourth-order valence-corrected chi connectivity index (χ4v) is 9.88. The van der Waals surface area contributed by atoms with Crippen molar-refractivity contribution >= 4 is 10.1 Å². The standard InChI is InChI=1S/C54H102O3S/c1-2-3-4-5-6-7-8-9-10-11-12-13-14-15-16-17-18-19-20-21-22-23-24-25-26-27-28-29-30-31-32-33-34-35-36-37-38-39-40-41-42-43-44-45-46-47-50-53-51-48-49-52-54(53)58(55,56)57/h48-49,51-52H,2-47,50H2,1H3,(H,55,56,57). The van der Waals surface area contributed by atoms with E-state index in [9.17, 15) is 13.0 Å². The molecule has 0 heterocycles. The third-order valence-electron chi connectivity index (χ3n) is 13.1. The van der Waals surface area contributed by atoms with Gasteiger partial charge in [0.1, 0.15) is 0 Å². The van der Waals surface area contributed by atoms with Crippen LogP contribution >= 0.6 is 0 Å². The maximum absolute atomic E-state index is 11.5. The molecule has 1 rings (SSSR count). The molecule has 0 amide bonds. The van der Waals surface area contributed by atoms with Crippen LogP contribution in [-0.4, -0.2) is 13.0 Å². The normalized spacial score (nSPS) is 11.9. The van der Waals surface area contributed by atoms with Gasteiger partial charge in [-0.2, -0.15) is 8.42 Å². The van der Waals surface area contributed by atoms with Gasteiger partial charge in [0.05, 0.1) is 4.90 Å². The largest absolute Gasteiger partial charge is 0.294 e. The van der Waals surface area contributed by atoms with Crippen LogP contribution in [0.15, 0.2) is 29.2 Å². The van der Waals surface area contributed by atoms with E-state index < -0.39 is 10.1 Å². The van der Waals surface area contributed by atoms with Gasteiger partial charge in [-0.1, -0.05) is 314 Å². The summed E-state index contributed by atoms with van der Waals surface area (Å²) in [6, 6.07) is 6.82. The Labute approximate surface area is 365 Å². The molecule has 0 aromatic heterocycles. The third-order valence-corrected chi connectivity index (χ3v) is 14.0. The summed E-state index contributed by atoms with van der Waals surface area (Å²) < 4.78 is 32.4. The van der Waals surface area contributed by atoms with Gasteiger partial charge in [0.15, 0.2) is 0 Å². The molecule has 58 heavy (non-hydrogen) atoms. The number of aryl methyl sites for hydroxylation is 1. The van der Waals surface area contributed by atoms with E-state index in [1.54, 1.807) is 6.07 Å². The van der Waals surface area contributed by atoms with Gasteiger partial charge in [0, 0.05) is 0 Å². The Bertz CT molecular complexity index is 1050. The lowest BCUT2D eigenvalue weighted by Gasteiger charge is -2.07. The van der Waals surface area contributed by atoms with Gasteiger partial charge in [-0.3, -0.25) is 4.55 Å². The van der Waals surface area contributed by atoms with E-state index in [1.807, 2.05) is 12.1 Å². The number of unbranched alkanes of at least 4 members (excludes halogenated alkanes) is 45. The molecule has 0 aliphatic carbocycles. The zero-order valence-corrected chi connectivity index (χ0v) is 40.0. The molecule has 3 nitrogen and oxygen atoms in total. The van der Waals surface area contributed by atoms with Gasteiger partial charge < -0.3 is 0 Å². The minimum Gasteiger partial charge on any atom is -0.282 e. The molecule has 0 radical (unpaired) electrons. The molecule has 0 aliphatic rings. The lowest BCUT2D eigenvalue weighted by molar-refractivity contribution is 0.481. The summed E-state index contributed by atoms with van der Waals surface area (Å²) in [4.78, 5) is 0.0716. The van der Waals surface area contributed by atoms with Gasteiger partial charge in [-0.15, -0.1) is 0 Å².